The lowest BCUT2D eigenvalue weighted by molar-refractivity contribution is 0.233. The SMILES string of the molecule is CC(C)(C)c1cc(-c2nnc3n2CN(CCCn2ccnc2)CS3)cc(C(C)(C)C)c1. The quantitative estimate of drug-likeness (QED) is 0.551. The summed E-state index contributed by atoms with van der Waals surface area (Å²) in [6.07, 6.45) is 6.84. The molecule has 1 aliphatic rings. The molecular weight excluding hydrogens is 404 g/mol. The fourth-order valence-electron chi connectivity index (χ4n) is 3.78. The molecule has 0 atom stereocenters. The van der Waals surface area contributed by atoms with Crippen molar-refractivity contribution in [2.75, 3.05) is 12.4 Å². The summed E-state index contributed by atoms with van der Waals surface area (Å²) in [5.41, 5.74) is 4.00. The molecule has 6 nitrogen and oxygen atoms in total. The van der Waals surface area contributed by atoms with Crippen LogP contribution >= 0.6 is 11.8 Å². The van der Waals surface area contributed by atoms with Crippen LogP contribution in [0.5, 0.6) is 0 Å². The molecule has 3 aromatic rings. The Balaban J connectivity index is 1.59. The molecular formula is C24H34N6S. The van der Waals surface area contributed by atoms with Gasteiger partial charge in [-0.3, -0.25) is 9.47 Å². The van der Waals surface area contributed by atoms with Crippen LogP contribution in [0.25, 0.3) is 11.4 Å². The fraction of sp³-hybridized carbons (Fsp3) is 0.542. The normalized spacial score (nSPS) is 15.3. The van der Waals surface area contributed by atoms with Crippen LogP contribution in [0.3, 0.4) is 0 Å². The number of thioether (sulfide) groups is 1. The van der Waals surface area contributed by atoms with E-state index in [0.29, 0.717) is 0 Å². The molecule has 4 rings (SSSR count). The second kappa shape index (κ2) is 8.43. The van der Waals surface area contributed by atoms with E-state index in [1.165, 1.54) is 11.1 Å². The summed E-state index contributed by atoms with van der Waals surface area (Å²) in [4.78, 5) is 6.60. The molecule has 0 bridgehead atoms. The van der Waals surface area contributed by atoms with Crippen molar-refractivity contribution in [2.24, 2.45) is 0 Å². The third kappa shape index (κ3) is 5.04. The number of hydrogen-bond donors (Lipinski definition) is 0. The molecule has 166 valence electrons. The van der Waals surface area contributed by atoms with Crippen molar-refractivity contribution in [3.05, 3.63) is 48.0 Å². The molecule has 0 unspecified atom stereocenters. The molecule has 7 heteroatoms. The summed E-state index contributed by atoms with van der Waals surface area (Å²) in [5, 5.41) is 10.1. The van der Waals surface area contributed by atoms with E-state index in [-0.39, 0.29) is 10.8 Å². The lowest BCUT2D eigenvalue weighted by Gasteiger charge is -2.29. The van der Waals surface area contributed by atoms with Gasteiger partial charge < -0.3 is 4.57 Å². The Morgan fingerprint density at radius 3 is 2.26 bits per heavy atom. The molecule has 0 saturated heterocycles. The van der Waals surface area contributed by atoms with E-state index in [1.807, 2.05) is 18.7 Å². The van der Waals surface area contributed by atoms with E-state index in [2.05, 4.69) is 89.0 Å². The van der Waals surface area contributed by atoms with Gasteiger partial charge >= 0.3 is 0 Å². The maximum absolute atomic E-state index is 4.62. The lowest BCUT2D eigenvalue weighted by atomic mass is 9.79. The minimum absolute atomic E-state index is 0.0782. The summed E-state index contributed by atoms with van der Waals surface area (Å²) < 4.78 is 4.42. The van der Waals surface area contributed by atoms with E-state index < -0.39 is 0 Å². The second-order valence-corrected chi connectivity index (χ2v) is 11.4. The summed E-state index contributed by atoms with van der Waals surface area (Å²) in [6, 6.07) is 6.96. The van der Waals surface area contributed by atoms with Crippen molar-refractivity contribution < 1.29 is 0 Å². The Labute approximate surface area is 190 Å². The maximum Gasteiger partial charge on any atom is 0.193 e. The Bertz CT molecular complexity index is 991. The van der Waals surface area contributed by atoms with Gasteiger partial charge in [-0.2, -0.15) is 0 Å². The van der Waals surface area contributed by atoms with Gasteiger partial charge in [-0.1, -0.05) is 59.4 Å². The van der Waals surface area contributed by atoms with Crippen LogP contribution in [-0.2, 0) is 24.0 Å². The highest BCUT2D eigenvalue weighted by molar-refractivity contribution is 7.99. The summed E-state index contributed by atoms with van der Waals surface area (Å²) in [6.45, 7) is 16.5. The van der Waals surface area contributed by atoms with Crippen molar-refractivity contribution in [3.8, 4) is 11.4 Å². The predicted octanol–water partition coefficient (Wildman–Crippen LogP) is 5.15. The van der Waals surface area contributed by atoms with Gasteiger partial charge in [-0.15, -0.1) is 10.2 Å². The molecule has 0 aliphatic carbocycles. The fourth-order valence-corrected chi connectivity index (χ4v) is 4.69. The molecule has 3 heterocycles. The van der Waals surface area contributed by atoms with Gasteiger partial charge in [0.15, 0.2) is 11.0 Å². The molecule has 0 spiro atoms. The highest BCUT2D eigenvalue weighted by Gasteiger charge is 2.25. The van der Waals surface area contributed by atoms with Crippen molar-refractivity contribution in [2.45, 2.75) is 77.2 Å². The van der Waals surface area contributed by atoms with E-state index in [1.54, 1.807) is 11.8 Å². The number of aryl methyl sites for hydroxylation is 1. The molecule has 0 N–H and O–H groups in total. The number of benzene rings is 1. The van der Waals surface area contributed by atoms with Crippen LogP contribution in [0, 0.1) is 0 Å². The number of nitrogens with zero attached hydrogens (tertiary/aromatic N) is 6. The van der Waals surface area contributed by atoms with E-state index in [9.17, 15) is 0 Å². The molecule has 0 radical (unpaired) electrons. The van der Waals surface area contributed by atoms with Crippen LogP contribution in [0.2, 0.25) is 0 Å². The molecule has 1 aromatic carbocycles. The third-order valence-electron chi connectivity index (χ3n) is 5.81. The monoisotopic (exact) mass is 438 g/mol. The Morgan fingerprint density at radius 1 is 0.935 bits per heavy atom. The summed E-state index contributed by atoms with van der Waals surface area (Å²) in [5.74, 6) is 1.93. The largest absolute Gasteiger partial charge is 0.337 e. The van der Waals surface area contributed by atoms with Crippen molar-refractivity contribution in [1.82, 2.24) is 29.2 Å². The van der Waals surface area contributed by atoms with Crippen molar-refractivity contribution in [3.63, 3.8) is 0 Å². The summed E-state index contributed by atoms with van der Waals surface area (Å²) in [7, 11) is 0. The van der Waals surface area contributed by atoms with Crippen LogP contribution in [0.15, 0.2) is 42.1 Å². The maximum atomic E-state index is 4.62. The highest BCUT2D eigenvalue weighted by Crippen LogP contribution is 2.35. The minimum Gasteiger partial charge on any atom is -0.337 e. The zero-order chi connectivity index (χ0) is 22.2. The first-order chi connectivity index (χ1) is 14.6. The second-order valence-electron chi connectivity index (χ2n) is 10.5. The van der Waals surface area contributed by atoms with Gasteiger partial charge in [0, 0.05) is 31.0 Å². The molecule has 0 fully saturated rings. The number of hydrogen-bond acceptors (Lipinski definition) is 5. The van der Waals surface area contributed by atoms with Crippen molar-refractivity contribution in [1.29, 1.82) is 0 Å². The number of rotatable bonds is 5. The Kier molecular flexibility index (Phi) is 6.01. The first-order valence-corrected chi connectivity index (χ1v) is 12.0. The minimum atomic E-state index is 0.0782. The first-order valence-electron chi connectivity index (χ1n) is 11.0. The molecule has 0 saturated carbocycles. The van der Waals surface area contributed by atoms with E-state index in [0.717, 1.165) is 48.6 Å². The van der Waals surface area contributed by atoms with E-state index in [4.69, 9.17) is 0 Å². The van der Waals surface area contributed by atoms with Gasteiger partial charge in [0.05, 0.1) is 18.9 Å². The topological polar surface area (TPSA) is 51.8 Å². The highest BCUT2D eigenvalue weighted by atomic mass is 32.2. The number of imidazole rings is 1. The van der Waals surface area contributed by atoms with Crippen LogP contribution in [-0.4, -0.2) is 41.6 Å². The lowest BCUT2D eigenvalue weighted by Crippen LogP contribution is -2.32. The molecule has 0 amide bonds. The van der Waals surface area contributed by atoms with Gasteiger partial charge in [-0.05, 0) is 40.5 Å². The first kappa shape index (κ1) is 22.1. The predicted molar refractivity (Wildman–Crippen MR) is 127 cm³/mol. The van der Waals surface area contributed by atoms with Crippen molar-refractivity contribution >= 4 is 11.8 Å². The number of fused-ring (bicyclic) bond motifs is 1. The zero-order valence-corrected chi connectivity index (χ0v) is 20.4. The zero-order valence-electron chi connectivity index (χ0n) is 19.6. The van der Waals surface area contributed by atoms with Crippen LogP contribution < -0.4 is 0 Å². The van der Waals surface area contributed by atoms with Crippen LogP contribution in [0.4, 0.5) is 0 Å². The Hall–Kier alpha value is -2.12. The third-order valence-corrected chi connectivity index (χ3v) is 6.86. The van der Waals surface area contributed by atoms with Crippen LogP contribution in [0.1, 0.15) is 59.1 Å². The summed E-state index contributed by atoms with van der Waals surface area (Å²) >= 11 is 1.78. The average Bonchev–Trinajstić information content (AvgIpc) is 3.36. The van der Waals surface area contributed by atoms with E-state index >= 15 is 0 Å². The van der Waals surface area contributed by atoms with Gasteiger partial charge in [0.2, 0.25) is 0 Å². The van der Waals surface area contributed by atoms with Gasteiger partial charge in [-0.25, -0.2) is 4.98 Å². The molecule has 1 aliphatic heterocycles. The molecule has 31 heavy (non-hydrogen) atoms. The van der Waals surface area contributed by atoms with Gasteiger partial charge in [0.25, 0.3) is 0 Å². The Morgan fingerprint density at radius 2 is 1.65 bits per heavy atom. The van der Waals surface area contributed by atoms with Gasteiger partial charge in [0.1, 0.15) is 0 Å². The molecule has 2 aromatic heterocycles. The average molecular weight is 439 g/mol. The number of aromatic nitrogens is 5. The standard InChI is InChI=1S/C24H34N6S/c1-23(2,3)19-12-18(13-20(14-19)24(4,5)6)21-26-27-22-30(21)16-29(17-31-22)10-7-9-28-11-8-25-15-28/h8,11-15H,7,9-10,16-17H2,1-6H3. The smallest absolute Gasteiger partial charge is 0.193 e.